The maximum Gasteiger partial charge on any atom is 0.420 e. The molecule has 1 aliphatic rings. The van der Waals surface area contributed by atoms with Gasteiger partial charge in [-0.15, -0.1) is 0 Å². The van der Waals surface area contributed by atoms with Crippen LogP contribution >= 0.6 is 0 Å². The van der Waals surface area contributed by atoms with Gasteiger partial charge in [0.15, 0.2) is 5.60 Å². The van der Waals surface area contributed by atoms with Crippen molar-refractivity contribution < 1.29 is 22.7 Å². The van der Waals surface area contributed by atoms with Gasteiger partial charge in [-0.25, -0.2) is 9.37 Å². The zero-order chi connectivity index (χ0) is 23.4. The van der Waals surface area contributed by atoms with Crippen LogP contribution in [-0.2, 0) is 6.54 Å². The number of nitrogens with zero attached hydrogens (tertiary/aromatic N) is 3. The molecular formula is C20H23F4N7O. The van der Waals surface area contributed by atoms with Gasteiger partial charge in [-0.1, -0.05) is 12.1 Å². The third-order valence-electron chi connectivity index (χ3n) is 4.78. The van der Waals surface area contributed by atoms with Gasteiger partial charge in [0, 0.05) is 25.0 Å². The van der Waals surface area contributed by atoms with Crippen molar-refractivity contribution in [2.24, 2.45) is 0 Å². The van der Waals surface area contributed by atoms with Crippen molar-refractivity contribution in [3.63, 3.8) is 0 Å². The zero-order valence-electron chi connectivity index (χ0n) is 17.1. The number of hydrogen-bond donors (Lipinski definition) is 5. The number of aliphatic hydroxyl groups is 1. The largest absolute Gasteiger partial charge is 0.420 e. The summed E-state index contributed by atoms with van der Waals surface area (Å²) >= 11 is 0. The molecule has 172 valence electrons. The average Bonchev–Trinajstić information content (AvgIpc) is 2.70. The molecule has 1 fully saturated rings. The summed E-state index contributed by atoms with van der Waals surface area (Å²) in [5, 5.41) is 26.9. The smallest absolute Gasteiger partial charge is 0.378 e. The molecule has 12 heteroatoms. The van der Waals surface area contributed by atoms with Gasteiger partial charge in [0.1, 0.15) is 23.3 Å². The third-order valence-corrected chi connectivity index (χ3v) is 4.78. The summed E-state index contributed by atoms with van der Waals surface area (Å²) in [5.74, 6) is 0.0982. The molecule has 1 aromatic heterocycles. The Labute approximate surface area is 181 Å². The Morgan fingerprint density at radius 2 is 1.97 bits per heavy atom. The molecule has 0 amide bonds. The fourth-order valence-electron chi connectivity index (χ4n) is 2.94. The molecule has 0 aliphatic carbocycles. The highest BCUT2D eigenvalue weighted by Crippen LogP contribution is 2.37. The third kappa shape index (κ3) is 5.92. The molecule has 0 bridgehead atoms. The van der Waals surface area contributed by atoms with E-state index >= 15 is 0 Å². The Balaban J connectivity index is 1.65. The van der Waals surface area contributed by atoms with E-state index in [4.69, 9.17) is 5.41 Å². The normalized spacial score (nSPS) is 16.8. The summed E-state index contributed by atoms with van der Waals surface area (Å²) in [4.78, 5) is 9.13. The molecular weight excluding hydrogens is 430 g/mol. The zero-order valence-corrected chi connectivity index (χ0v) is 17.1. The number of likely N-dealkylation sites (tertiary alicyclic amines) is 1. The molecule has 5 N–H and O–H groups in total. The van der Waals surface area contributed by atoms with E-state index in [1.807, 2.05) is 0 Å². The Bertz CT molecular complexity index is 945. The van der Waals surface area contributed by atoms with Crippen molar-refractivity contribution in [1.29, 1.82) is 5.41 Å². The van der Waals surface area contributed by atoms with E-state index in [-0.39, 0.29) is 23.6 Å². The van der Waals surface area contributed by atoms with E-state index in [2.05, 4.69) is 25.9 Å². The van der Waals surface area contributed by atoms with E-state index in [1.165, 1.54) is 36.8 Å². The second kappa shape index (κ2) is 9.49. The van der Waals surface area contributed by atoms with Crippen molar-refractivity contribution in [3.8, 4) is 0 Å². The molecule has 1 aliphatic heterocycles. The van der Waals surface area contributed by atoms with Gasteiger partial charge in [-0.05, 0) is 24.6 Å². The molecule has 32 heavy (non-hydrogen) atoms. The Hall–Kier alpha value is -3.25. The number of nitrogens with one attached hydrogen (secondary N) is 4. The molecule has 2 aromatic rings. The summed E-state index contributed by atoms with van der Waals surface area (Å²) in [6.45, 7) is 0.783. The predicted octanol–water partition coefficient (Wildman–Crippen LogP) is 2.18. The fourth-order valence-corrected chi connectivity index (χ4v) is 2.94. The highest BCUT2D eigenvalue weighted by Gasteiger charge is 2.61. The SMILES string of the molecule is CC(NCc1ccc(F)cc1)NC(=CC(=N)N1CC(O)(C(F)(F)F)C1)Nc1cnccn1. The molecule has 3 rings (SSSR count). The molecule has 0 saturated carbocycles. The predicted molar refractivity (Wildman–Crippen MR) is 110 cm³/mol. The number of benzene rings is 1. The number of β-amino-alcohol motifs (C(OH)–C–C–N with tert-alkyl or cyclic N) is 1. The summed E-state index contributed by atoms with van der Waals surface area (Å²) < 4.78 is 51.6. The number of halogens is 4. The lowest BCUT2D eigenvalue weighted by molar-refractivity contribution is -0.292. The van der Waals surface area contributed by atoms with E-state index in [9.17, 15) is 22.7 Å². The van der Waals surface area contributed by atoms with Gasteiger partial charge in [0.05, 0.1) is 25.5 Å². The van der Waals surface area contributed by atoms with Gasteiger partial charge in [0.25, 0.3) is 0 Å². The summed E-state index contributed by atoms with van der Waals surface area (Å²) in [7, 11) is 0. The maximum atomic E-state index is 13.0. The topological polar surface area (TPSA) is 109 Å². The molecule has 2 heterocycles. The van der Waals surface area contributed by atoms with Crippen LogP contribution in [0.3, 0.4) is 0 Å². The molecule has 0 radical (unpaired) electrons. The first-order chi connectivity index (χ1) is 15.1. The van der Waals surface area contributed by atoms with E-state index in [0.29, 0.717) is 12.4 Å². The van der Waals surface area contributed by atoms with Crippen LogP contribution in [0.15, 0.2) is 54.8 Å². The van der Waals surface area contributed by atoms with Crippen LogP contribution in [0.2, 0.25) is 0 Å². The van der Waals surface area contributed by atoms with E-state index in [0.717, 1.165) is 10.5 Å². The van der Waals surface area contributed by atoms with E-state index < -0.39 is 24.9 Å². The van der Waals surface area contributed by atoms with Crippen LogP contribution in [0.25, 0.3) is 0 Å². The summed E-state index contributed by atoms with van der Waals surface area (Å²) in [6, 6.07) is 6.00. The highest BCUT2D eigenvalue weighted by molar-refractivity contribution is 5.92. The van der Waals surface area contributed by atoms with Crippen LogP contribution in [0.5, 0.6) is 0 Å². The number of amidine groups is 1. The van der Waals surface area contributed by atoms with Crippen molar-refractivity contribution in [3.05, 3.63) is 66.1 Å². The molecule has 1 aromatic carbocycles. The lowest BCUT2D eigenvalue weighted by Crippen LogP contribution is -2.70. The van der Waals surface area contributed by atoms with Crippen molar-refractivity contribution in [2.45, 2.75) is 31.4 Å². The Morgan fingerprint density at radius 3 is 2.56 bits per heavy atom. The van der Waals surface area contributed by atoms with Gasteiger partial charge >= 0.3 is 6.18 Å². The van der Waals surface area contributed by atoms with E-state index in [1.54, 1.807) is 19.1 Å². The Morgan fingerprint density at radius 1 is 1.28 bits per heavy atom. The first kappa shape index (κ1) is 23.4. The van der Waals surface area contributed by atoms with Gasteiger partial charge < -0.3 is 20.6 Å². The lowest BCUT2D eigenvalue weighted by atomic mass is 9.93. The minimum absolute atomic E-state index is 0.219. The molecule has 1 saturated heterocycles. The summed E-state index contributed by atoms with van der Waals surface area (Å²) in [6.07, 6.45) is 0.593. The molecule has 0 spiro atoms. The summed E-state index contributed by atoms with van der Waals surface area (Å²) in [5.41, 5.74) is -1.96. The first-order valence-electron chi connectivity index (χ1n) is 9.67. The maximum absolute atomic E-state index is 13.0. The number of rotatable bonds is 8. The fraction of sp³-hybridized carbons (Fsp3) is 0.350. The van der Waals surface area contributed by atoms with Crippen molar-refractivity contribution in [1.82, 2.24) is 25.5 Å². The van der Waals surface area contributed by atoms with Crippen LogP contribution < -0.4 is 16.0 Å². The lowest BCUT2D eigenvalue weighted by Gasteiger charge is -2.47. The number of hydrogen-bond acceptors (Lipinski definition) is 7. The molecule has 1 atom stereocenters. The average molecular weight is 453 g/mol. The van der Waals surface area contributed by atoms with Gasteiger partial charge in [-0.3, -0.25) is 15.7 Å². The second-order valence-electron chi connectivity index (χ2n) is 7.42. The minimum atomic E-state index is -4.76. The molecule has 8 nitrogen and oxygen atoms in total. The monoisotopic (exact) mass is 453 g/mol. The molecule has 1 unspecified atom stereocenters. The van der Waals surface area contributed by atoms with Gasteiger partial charge in [0.2, 0.25) is 0 Å². The number of anilines is 1. The quantitative estimate of drug-likeness (QED) is 0.180. The number of alkyl halides is 3. The van der Waals surface area contributed by atoms with Crippen LogP contribution in [0, 0.1) is 11.2 Å². The minimum Gasteiger partial charge on any atom is -0.378 e. The van der Waals surface area contributed by atoms with Crippen LogP contribution in [-0.4, -0.2) is 56.8 Å². The number of aromatic nitrogens is 2. The van der Waals surface area contributed by atoms with Gasteiger partial charge in [-0.2, -0.15) is 13.2 Å². The Kier molecular flexibility index (Phi) is 6.94. The first-order valence-corrected chi connectivity index (χ1v) is 9.67. The van der Waals surface area contributed by atoms with Crippen LogP contribution in [0.1, 0.15) is 12.5 Å². The second-order valence-corrected chi connectivity index (χ2v) is 7.42. The highest BCUT2D eigenvalue weighted by atomic mass is 19.4. The van der Waals surface area contributed by atoms with Crippen molar-refractivity contribution in [2.75, 3.05) is 18.4 Å². The standard InChI is InChI=1S/C20H23F4N7O/c1-13(28-9-14-2-4-15(21)5-3-14)29-17(30-18-10-26-6-7-27-18)8-16(25)31-11-19(32,12-31)20(22,23)24/h2-8,10,13,25,28-29,32H,9,11-12H2,1H3,(H,27,30). The van der Waals surface area contributed by atoms with Crippen LogP contribution in [0.4, 0.5) is 23.4 Å². The van der Waals surface area contributed by atoms with Crippen molar-refractivity contribution >= 4 is 11.7 Å².